The average Bonchev–Trinajstić information content (AvgIpc) is 1.97. The van der Waals surface area contributed by atoms with Gasteiger partial charge in [0, 0.05) is 0 Å². The average molecular weight is 235 g/mol. The molecule has 4 N–H and O–H groups in total. The quantitative estimate of drug-likeness (QED) is 0.535. The van der Waals surface area contributed by atoms with Crippen molar-refractivity contribution in [1.82, 2.24) is 0 Å². The molecule has 0 fully saturated rings. The zero-order valence-electron chi connectivity index (χ0n) is 5.57. The molecule has 0 saturated heterocycles. The summed E-state index contributed by atoms with van der Waals surface area (Å²) < 4.78 is 0. The molecule has 0 heterocycles. The van der Waals surface area contributed by atoms with Crippen LogP contribution in [0.15, 0.2) is 24.3 Å². The van der Waals surface area contributed by atoms with Crippen molar-refractivity contribution in [3.63, 3.8) is 0 Å². The van der Waals surface area contributed by atoms with Crippen LogP contribution < -0.4 is 11.5 Å². The van der Waals surface area contributed by atoms with Crippen LogP contribution in [0.25, 0.3) is 0 Å². The Hall–Kier alpha value is -0.0805. The molecule has 1 rings (SSSR count). The molecule has 1 aromatic carbocycles. The van der Waals surface area contributed by atoms with Crippen LogP contribution in [0.5, 0.6) is 0 Å². The van der Waals surface area contributed by atoms with E-state index in [4.69, 9.17) is 31.7 Å². The van der Waals surface area contributed by atoms with Gasteiger partial charge in [0.05, 0.1) is 11.4 Å². The third-order valence-electron chi connectivity index (χ3n) is 0.996. The van der Waals surface area contributed by atoms with E-state index < -0.39 is 0 Å². The van der Waals surface area contributed by atoms with Crippen LogP contribution in [0.2, 0.25) is 0 Å². The fraction of sp³-hybridized carbons (Fsp3) is 0. The van der Waals surface area contributed by atoms with E-state index >= 15 is 0 Å². The van der Waals surface area contributed by atoms with Crippen molar-refractivity contribution >= 4 is 31.6 Å². The Bertz CT molecular complexity index is 187. The summed E-state index contributed by atoms with van der Waals surface area (Å²) in [6.45, 7) is 0. The van der Waals surface area contributed by atoms with Gasteiger partial charge in [-0.15, -0.1) is 0 Å². The van der Waals surface area contributed by atoms with Gasteiger partial charge in [0.25, 0.3) is 0 Å². The van der Waals surface area contributed by atoms with E-state index in [0.717, 1.165) is 0 Å². The minimum absolute atomic E-state index is 0.194. The summed E-state index contributed by atoms with van der Waals surface area (Å²) in [5, 5.41) is 0. The summed E-state index contributed by atoms with van der Waals surface area (Å²) in [6.07, 6.45) is 0. The number of hydrogen-bond donors (Lipinski definition) is 2. The van der Waals surface area contributed by atoms with Crippen molar-refractivity contribution in [2.75, 3.05) is 11.5 Å². The maximum atomic E-state index is 5.39. The number of nitrogen functional groups attached to an aromatic ring is 2. The Balaban J connectivity index is 0.000000292. The molecule has 0 bridgehead atoms. The molecule has 0 atom stereocenters. The number of anilines is 2. The van der Waals surface area contributed by atoms with E-state index in [9.17, 15) is 0 Å². The molecule has 0 spiro atoms. The topological polar surface area (TPSA) is 52.0 Å². The van der Waals surface area contributed by atoms with Crippen LogP contribution in [0.3, 0.4) is 0 Å². The molecule has 0 unspecified atom stereocenters. The number of halogens is 2. The minimum atomic E-state index is 0.194. The van der Waals surface area contributed by atoms with E-state index in [1.807, 2.05) is 12.1 Å². The Morgan fingerprint density at radius 1 is 1.00 bits per heavy atom. The summed E-state index contributed by atoms with van der Waals surface area (Å²) in [5.74, 6) is 0. The molecule has 64 valence electrons. The van der Waals surface area contributed by atoms with E-state index in [1.54, 1.807) is 12.1 Å². The van der Waals surface area contributed by atoms with Crippen LogP contribution in [0, 0.1) is 0 Å². The molecular weight excluding hydrogens is 227 g/mol. The fourth-order valence-corrected chi connectivity index (χ4v) is 0.511. The van der Waals surface area contributed by atoms with Crippen molar-refractivity contribution in [2.24, 2.45) is 0 Å². The summed E-state index contributed by atoms with van der Waals surface area (Å²) in [7, 11) is 9.53. The van der Waals surface area contributed by atoms with E-state index in [-0.39, 0.29) is 13.1 Å². The Labute approximate surface area is 80.5 Å². The van der Waals surface area contributed by atoms with Crippen LogP contribution in [0.1, 0.15) is 0 Å². The van der Waals surface area contributed by atoms with Crippen LogP contribution >= 0.6 is 20.2 Å². The molecule has 0 aromatic heterocycles. The van der Waals surface area contributed by atoms with Crippen molar-refractivity contribution in [2.45, 2.75) is 0 Å². The maximum absolute atomic E-state index is 5.39. The Kier molecular flexibility index (Phi) is 6.57. The molecule has 0 aliphatic heterocycles. The second kappa shape index (κ2) is 6.62. The monoisotopic (exact) mass is 234 g/mol. The molecule has 0 saturated carbocycles. The van der Waals surface area contributed by atoms with E-state index in [2.05, 4.69) is 0 Å². The predicted octanol–water partition coefficient (Wildman–Crippen LogP) is 2.23. The summed E-state index contributed by atoms with van der Waals surface area (Å²) in [6, 6.07) is 7.25. The standard InChI is InChI=1S/C6H8N2.2ClH.Fe/c7-5-3-1-2-4-6(5)8;;;/h1-4H,7-8H2;2*1H;/q;;;+2/p-2. The van der Waals surface area contributed by atoms with Crippen molar-refractivity contribution in [3.05, 3.63) is 24.3 Å². The first-order valence-electron chi connectivity index (χ1n) is 2.67. The van der Waals surface area contributed by atoms with Crippen molar-refractivity contribution in [3.8, 4) is 0 Å². The van der Waals surface area contributed by atoms with Crippen LogP contribution in [0.4, 0.5) is 11.4 Å². The number of para-hydroxylation sites is 2. The Morgan fingerprint density at radius 2 is 1.27 bits per heavy atom. The third kappa shape index (κ3) is 5.22. The van der Waals surface area contributed by atoms with Gasteiger partial charge in [0.15, 0.2) is 0 Å². The molecule has 0 amide bonds. The summed E-state index contributed by atoms with van der Waals surface area (Å²) in [5.41, 5.74) is 12.1. The first kappa shape index (κ1) is 10.9. The number of hydrogen-bond acceptors (Lipinski definition) is 2. The second-order valence-corrected chi connectivity index (χ2v) is 3.50. The van der Waals surface area contributed by atoms with Gasteiger partial charge in [0.2, 0.25) is 0 Å². The van der Waals surface area contributed by atoms with Gasteiger partial charge >= 0.3 is 33.3 Å². The molecule has 1 aromatic rings. The SMILES string of the molecule is Nc1ccccc1N.[Cl][Fe][Cl]. The zero-order valence-corrected chi connectivity index (χ0v) is 8.19. The van der Waals surface area contributed by atoms with Crippen molar-refractivity contribution < 1.29 is 13.1 Å². The number of nitrogens with two attached hydrogens (primary N) is 2. The van der Waals surface area contributed by atoms with Crippen LogP contribution in [-0.2, 0) is 13.1 Å². The van der Waals surface area contributed by atoms with Gasteiger partial charge in [-0.05, 0) is 12.1 Å². The normalized spacial score (nSPS) is 8.55. The fourth-order valence-electron chi connectivity index (χ4n) is 0.511. The number of rotatable bonds is 0. The molecule has 0 aliphatic carbocycles. The zero-order chi connectivity index (χ0) is 8.69. The summed E-state index contributed by atoms with van der Waals surface area (Å²) >= 11 is 0.194. The molecule has 2 nitrogen and oxygen atoms in total. The van der Waals surface area contributed by atoms with Gasteiger partial charge in [-0.3, -0.25) is 0 Å². The van der Waals surface area contributed by atoms with E-state index in [0.29, 0.717) is 11.4 Å². The van der Waals surface area contributed by atoms with Gasteiger partial charge in [-0.2, -0.15) is 0 Å². The molecule has 0 radical (unpaired) electrons. The predicted molar refractivity (Wildman–Crippen MR) is 47.0 cm³/mol. The molecule has 0 aliphatic rings. The van der Waals surface area contributed by atoms with E-state index in [1.165, 1.54) is 0 Å². The third-order valence-corrected chi connectivity index (χ3v) is 0.996. The second-order valence-electron chi connectivity index (χ2n) is 1.68. The number of benzene rings is 1. The van der Waals surface area contributed by atoms with Gasteiger partial charge < -0.3 is 11.5 Å². The first-order valence-corrected chi connectivity index (χ1v) is 5.71. The molecular formula is C6H8Cl2FeN2. The van der Waals surface area contributed by atoms with Crippen molar-refractivity contribution in [1.29, 1.82) is 0 Å². The van der Waals surface area contributed by atoms with Gasteiger partial charge in [-0.25, -0.2) is 0 Å². The van der Waals surface area contributed by atoms with Gasteiger partial charge in [0.1, 0.15) is 0 Å². The molecule has 5 heteroatoms. The molecule has 11 heavy (non-hydrogen) atoms. The Morgan fingerprint density at radius 3 is 1.45 bits per heavy atom. The summed E-state index contributed by atoms with van der Waals surface area (Å²) in [4.78, 5) is 0. The van der Waals surface area contributed by atoms with Crippen LogP contribution in [-0.4, -0.2) is 0 Å². The van der Waals surface area contributed by atoms with Gasteiger partial charge in [-0.1, -0.05) is 12.1 Å². The first-order chi connectivity index (χ1) is 5.22.